The Bertz CT molecular complexity index is 394. The molecule has 2 rings (SSSR count). The Hall–Kier alpha value is -1.55. The van der Waals surface area contributed by atoms with Crippen molar-refractivity contribution in [1.29, 1.82) is 0 Å². The highest BCUT2D eigenvalue weighted by molar-refractivity contribution is 5.74. The maximum Gasteiger partial charge on any atom is 0.315 e. The third-order valence-electron chi connectivity index (χ3n) is 3.43. The van der Waals surface area contributed by atoms with Gasteiger partial charge in [0.2, 0.25) is 0 Å². The molecule has 1 aromatic rings. The van der Waals surface area contributed by atoms with Crippen LogP contribution in [0, 0.1) is 0 Å². The monoisotopic (exact) mass is 261 g/mol. The number of nitrogens with one attached hydrogen (secondary N) is 2. The molecule has 1 aromatic carbocycles. The standard InChI is InChI=1S/C15H23N3O/c1-2-16-15(19)17-14-9-6-10-18(12-14)11-13-7-4-3-5-8-13/h3-5,7-8,14H,2,6,9-12H2,1H3,(H2,16,17,19). The van der Waals surface area contributed by atoms with Crippen LogP contribution in [0.5, 0.6) is 0 Å². The van der Waals surface area contributed by atoms with Gasteiger partial charge in [0.05, 0.1) is 0 Å². The van der Waals surface area contributed by atoms with E-state index >= 15 is 0 Å². The van der Waals surface area contributed by atoms with Gasteiger partial charge in [0.15, 0.2) is 0 Å². The molecule has 1 aliphatic heterocycles. The summed E-state index contributed by atoms with van der Waals surface area (Å²) in [5.41, 5.74) is 1.33. The lowest BCUT2D eigenvalue weighted by atomic mass is 10.0. The molecule has 2 N–H and O–H groups in total. The summed E-state index contributed by atoms with van der Waals surface area (Å²) in [6.45, 7) is 5.62. The predicted octanol–water partition coefficient (Wildman–Crippen LogP) is 1.97. The first kappa shape index (κ1) is 13.9. The first-order valence-corrected chi connectivity index (χ1v) is 7.08. The van der Waals surface area contributed by atoms with Gasteiger partial charge in [-0.3, -0.25) is 4.90 Å². The molecule has 1 fully saturated rings. The molecule has 19 heavy (non-hydrogen) atoms. The van der Waals surface area contributed by atoms with Crippen LogP contribution in [0.25, 0.3) is 0 Å². The van der Waals surface area contributed by atoms with Gasteiger partial charge in [-0.1, -0.05) is 30.3 Å². The summed E-state index contributed by atoms with van der Waals surface area (Å²) in [5.74, 6) is 0. The number of rotatable bonds is 4. The zero-order chi connectivity index (χ0) is 13.5. The van der Waals surface area contributed by atoms with Crippen LogP contribution in [-0.2, 0) is 6.54 Å². The van der Waals surface area contributed by atoms with Gasteiger partial charge in [-0.15, -0.1) is 0 Å². The predicted molar refractivity (Wildman–Crippen MR) is 76.9 cm³/mol. The lowest BCUT2D eigenvalue weighted by molar-refractivity contribution is 0.180. The Morgan fingerprint density at radius 2 is 2.16 bits per heavy atom. The SMILES string of the molecule is CCNC(=O)NC1CCCN(Cc2ccccc2)C1. The lowest BCUT2D eigenvalue weighted by Gasteiger charge is -2.33. The average Bonchev–Trinajstić information content (AvgIpc) is 2.40. The van der Waals surface area contributed by atoms with Crippen LogP contribution >= 0.6 is 0 Å². The fraction of sp³-hybridized carbons (Fsp3) is 0.533. The van der Waals surface area contributed by atoms with Crippen molar-refractivity contribution < 1.29 is 4.79 Å². The van der Waals surface area contributed by atoms with Crippen LogP contribution in [0.1, 0.15) is 25.3 Å². The molecular formula is C15H23N3O. The van der Waals surface area contributed by atoms with Gasteiger partial charge in [0.25, 0.3) is 0 Å². The molecule has 0 aliphatic carbocycles. The highest BCUT2D eigenvalue weighted by Gasteiger charge is 2.21. The molecule has 0 bridgehead atoms. The van der Waals surface area contributed by atoms with Crippen LogP contribution in [0.2, 0.25) is 0 Å². The number of carbonyl (C=O) groups excluding carboxylic acids is 1. The summed E-state index contributed by atoms with van der Waals surface area (Å²) in [4.78, 5) is 13.9. The number of hydrogen-bond acceptors (Lipinski definition) is 2. The minimum Gasteiger partial charge on any atom is -0.338 e. The molecular weight excluding hydrogens is 238 g/mol. The van der Waals surface area contributed by atoms with Crippen molar-refractivity contribution in [3.8, 4) is 0 Å². The summed E-state index contributed by atoms with van der Waals surface area (Å²) >= 11 is 0. The molecule has 104 valence electrons. The van der Waals surface area contributed by atoms with E-state index in [9.17, 15) is 4.79 Å². The van der Waals surface area contributed by atoms with E-state index < -0.39 is 0 Å². The zero-order valence-electron chi connectivity index (χ0n) is 11.6. The normalized spacial score (nSPS) is 19.9. The smallest absolute Gasteiger partial charge is 0.315 e. The minimum atomic E-state index is -0.0472. The van der Waals surface area contributed by atoms with Crippen molar-refractivity contribution in [3.63, 3.8) is 0 Å². The molecule has 1 saturated heterocycles. The molecule has 0 aromatic heterocycles. The van der Waals surface area contributed by atoms with E-state index in [1.165, 1.54) is 5.56 Å². The van der Waals surface area contributed by atoms with Crippen molar-refractivity contribution in [2.45, 2.75) is 32.4 Å². The molecule has 2 amide bonds. The number of piperidine rings is 1. The molecule has 0 spiro atoms. The molecule has 1 heterocycles. The van der Waals surface area contributed by atoms with Crippen molar-refractivity contribution in [3.05, 3.63) is 35.9 Å². The van der Waals surface area contributed by atoms with E-state index in [1.54, 1.807) is 0 Å². The van der Waals surface area contributed by atoms with Crippen LogP contribution in [0.3, 0.4) is 0 Å². The lowest BCUT2D eigenvalue weighted by Crippen LogP contribution is -2.50. The second-order valence-electron chi connectivity index (χ2n) is 5.06. The molecule has 0 radical (unpaired) electrons. The summed E-state index contributed by atoms with van der Waals surface area (Å²) in [5, 5.41) is 5.83. The fourth-order valence-electron chi connectivity index (χ4n) is 2.56. The topological polar surface area (TPSA) is 44.4 Å². The van der Waals surface area contributed by atoms with Crippen LogP contribution < -0.4 is 10.6 Å². The highest BCUT2D eigenvalue weighted by atomic mass is 16.2. The number of carbonyl (C=O) groups is 1. The third kappa shape index (κ3) is 4.56. The Kier molecular flexibility index (Phi) is 5.21. The first-order valence-electron chi connectivity index (χ1n) is 7.08. The molecule has 0 saturated carbocycles. The third-order valence-corrected chi connectivity index (χ3v) is 3.43. The van der Waals surface area contributed by atoms with Gasteiger partial charge in [-0.25, -0.2) is 4.79 Å². The number of nitrogens with zero attached hydrogens (tertiary/aromatic N) is 1. The maximum atomic E-state index is 11.5. The van der Waals surface area contributed by atoms with E-state index in [0.717, 1.165) is 32.5 Å². The quantitative estimate of drug-likeness (QED) is 0.870. The Labute approximate surface area is 115 Å². The fourth-order valence-corrected chi connectivity index (χ4v) is 2.56. The molecule has 4 nitrogen and oxygen atoms in total. The van der Waals surface area contributed by atoms with Crippen LogP contribution in [0.15, 0.2) is 30.3 Å². The van der Waals surface area contributed by atoms with Gasteiger partial charge < -0.3 is 10.6 Å². The van der Waals surface area contributed by atoms with Crippen LogP contribution in [0.4, 0.5) is 4.79 Å². The average molecular weight is 261 g/mol. The number of benzene rings is 1. The maximum absolute atomic E-state index is 11.5. The zero-order valence-corrected chi connectivity index (χ0v) is 11.6. The van der Waals surface area contributed by atoms with Crippen molar-refractivity contribution in [1.82, 2.24) is 15.5 Å². The Morgan fingerprint density at radius 1 is 1.37 bits per heavy atom. The summed E-state index contributed by atoms with van der Waals surface area (Å²) < 4.78 is 0. The van der Waals surface area contributed by atoms with E-state index in [0.29, 0.717) is 6.54 Å². The number of hydrogen-bond donors (Lipinski definition) is 2. The second kappa shape index (κ2) is 7.14. The van der Waals surface area contributed by atoms with Crippen LogP contribution in [-0.4, -0.2) is 36.6 Å². The van der Waals surface area contributed by atoms with Crippen molar-refractivity contribution >= 4 is 6.03 Å². The first-order chi connectivity index (χ1) is 9.28. The van der Waals surface area contributed by atoms with E-state index in [-0.39, 0.29) is 12.1 Å². The van der Waals surface area contributed by atoms with E-state index in [1.807, 2.05) is 13.0 Å². The largest absolute Gasteiger partial charge is 0.338 e. The van der Waals surface area contributed by atoms with Gasteiger partial charge in [0, 0.05) is 25.7 Å². The van der Waals surface area contributed by atoms with Gasteiger partial charge >= 0.3 is 6.03 Å². The minimum absolute atomic E-state index is 0.0472. The van der Waals surface area contributed by atoms with Crippen molar-refractivity contribution in [2.24, 2.45) is 0 Å². The number of urea groups is 1. The van der Waals surface area contributed by atoms with E-state index in [2.05, 4.69) is 39.8 Å². The Morgan fingerprint density at radius 3 is 2.89 bits per heavy atom. The molecule has 1 atom stereocenters. The summed E-state index contributed by atoms with van der Waals surface area (Å²) in [6, 6.07) is 10.7. The molecule has 4 heteroatoms. The molecule has 1 aliphatic rings. The van der Waals surface area contributed by atoms with Gasteiger partial charge in [-0.05, 0) is 31.9 Å². The van der Waals surface area contributed by atoms with Crippen molar-refractivity contribution in [2.75, 3.05) is 19.6 Å². The number of likely N-dealkylation sites (tertiary alicyclic amines) is 1. The highest BCUT2D eigenvalue weighted by Crippen LogP contribution is 2.13. The summed E-state index contributed by atoms with van der Waals surface area (Å²) in [6.07, 6.45) is 2.21. The van der Waals surface area contributed by atoms with Gasteiger partial charge in [0.1, 0.15) is 0 Å². The number of amides is 2. The van der Waals surface area contributed by atoms with E-state index in [4.69, 9.17) is 0 Å². The second-order valence-corrected chi connectivity index (χ2v) is 5.06. The summed E-state index contributed by atoms with van der Waals surface area (Å²) in [7, 11) is 0. The molecule has 1 unspecified atom stereocenters. The van der Waals surface area contributed by atoms with Gasteiger partial charge in [-0.2, -0.15) is 0 Å². The Balaban J connectivity index is 1.82.